The highest BCUT2D eigenvalue weighted by atomic mass is 16.5. The molecule has 0 saturated heterocycles. The van der Waals surface area contributed by atoms with Crippen molar-refractivity contribution < 1.29 is 4.74 Å². The molecule has 1 unspecified atom stereocenters. The molecular weight excluding hydrogens is 378 g/mol. The third-order valence-electron chi connectivity index (χ3n) is 5.65. The first-order valence-electron chi connectivity index (χ1n) is 11.0. The van der Waals surface area contributed by atoms with E-state index in [2.05, 4.69) is 85.0 Å². The summed E-state index contributed by atoms with van der Waals surface area (Å²) in [5.74, 6) is 2.11. The van der Waals surface area contributed by atoms with Crippen molar-refractivity contribution in [1.29, 1.82) is 0 Å². The lowest BCUT2D eigenvalue weighted by Gasteiger charge is -2.21. The van der Waals surface area contributed by atoms with E-state index in [9.17, 15) is 0 Å². The standard InChI is InChI=1S/C29H29NO/c1-23(24-17-19-28(20-18-24)31-27-15-9-4-10-16-27)30-22-21-29(25-11-5-2-6-12-25)26-13-7-3-8-14-26/h2-20,23,29-30H,21-22H2,1H3. The van der Waals surface area contributed by atoms with Crippen LogP contribution in [-0.2, 0) is 0 Å². The monoisotopic (exact) mass is 407 g/mol. The Hall–Kier alpha value is -3.36. The fraction of sp³-hybridized carbons (Fsp3) is 0.172. The Labute approximate surface area is 185 Å². The molecule has 0 heterocycles. The van der Waals surface area contributed by atoms with Crippen LogP contribution in [0.25, 0.3) is 0 Å². The number of para-hydroxylation sites is 1. The summed E-state index contributed by atoms with van der Waals surface area (Å²) in [6, 6.07) is 40.1. The van der Waals surface area contributed by atoms with Crippen molar-refractivity contribution in [1.82, 2.24) is 5.32 Å². The summed E-state index contributed by atoms with van der Waals surface area (Å²) in [7, 11) is 0. The van der Waals surface area contributed by atoms with E-state index in [1.54, 1.807) is 0 Å². The van der Waals surface area contributed by atoms with Gasteiger partial charge in [0.25, 0.3) is 0 Å². The van der Waals surface area contributed by atoms with Crippen LogP contribution in [0.2, 0.25) is 0 Å². The lowest BCUT2D eigenvalue weighted by molar-refractivity contribution is 0.481. The maximum absolute atomic E-state index is 5.90. The minimum atomic E-state index is 0.276. The topological polar surface area (TPSA) is 21.3 Å². The smallest absolute Gasteiger partial charge is 0.127 e. The van der Waals surface area contributed by atoms with Crippen LogP contribution >= 0.6 is 0 Å². The van der Waals surface area contributed by atoms with Crippen LogP contribution < -0.4 is 10.1 Å². The van der Waals surface area contributed by atoms with Crippen LogP contribution in [0, 0.1) is 0 Å². The lowest BCUT2D eigenvalue weighted by Crippen LogP contribution is -2.21. The summed E-state index contributed by atoms with van der Waals surface area (Å²) in [5.41, 5.74) is 3.99. The molecule has 31 heavy (non-hydrogen) atoms. The van der Waals surface area contributed by atoms with Crippen molar-refractivity contribution in [2.75, 3.05) is 6.54 Å². The zero-order valence-electron chi connectivity index (χ0n) is 17.9. The Morgan fingerprint density at radius 1 is 0.581 bits per heavy atom. The van der Waals surface area contributed by atoms with Crippen LogP contribution in [0.3, 0.4) is 0 Å². The van der Waals surface area contributed by atoms with Gasteiger partial charge in [-0.3, -0.25) is 0 Å². The molecule has 0 amide bonds. The summed E-state index contributed by atoms with van der Waals surface area (Å²) < 4.78 is 5.90. The molecule has 0 bridgehead atoms. The van der Waals surface area contributed by atoms with Crippen molar-refractivity contribution >= 4 is 0 Å². The van der Waals surface area contributed by atoms with Gasteiger partial charge in [0.15, 0.2) is 0 Å². The molecule has 0 aliphatic carbocycles. The van der Waals surface area contributed by atoms with Gasteiger partial charge >= 0.3 is 0 Å². The molecule has 4 rings (SSSR count). The Bertz CT molecular complexity index is 991. The second kappa shape index (κ2) is 10.6. The lowest BCUT2D eigenvalue weighted by atomic mass is 9.88. The third-order valence-corrected chi connectivity index (χ3v) is 5.65. The third kappa shape index (κ3) is 5.84. The summed E-state index contributed by atoms with van der Waals surface area (Å²) in [6.07, 6.45) is 1.05. The van der Waals surface area contributed by atoms with Crippen molar-refractivity contribution in [3.8, 4) is 11.5 Å². The zero-order chi connectivity index (χ0) is 21.3. The highest BCUT2D eigenvalue weighted by molar-refractivity contribution is 5.34. The van der Waals surface area contributed by atoms with Gasteiger partial charge < -0.3 is 10.1 Å². The summed E-state index contributed by atoms with van der Waals surface area (Å²) in [4.78, 5) is 0. The average Bonchev–Trinajstić information content (AvgIpc) is 2.84. The second-order valence-electron chi connectivity index (χ2n) is 7.82. The van der Waals surface area contributed by atoms with Crippen molar-refractivity contribution in [3.05, 3.63) is 132 Å². The van der Waals surface area contributed by atoms with Gasteiger partial charge in [-0.05, 0) is 60.8 Å². The molecule has 0 saturated carbocycles. The minimum absolute atomic E-state index is 0.276. The predicted octanol–water partition coefficient (Wildman–Crippen LogP) is 7.35. The van der Waals surface area contributed by atoms with Crippen LogP contribution in [0.1, 0.15) is 42.0 Å². The molecule has 0 aliphatic rings. The van der Waals surface area contributed by atoms with Crippen molar-refractivity contribution in [2.24, 2.45) is 0 Å². The Balaban J connectivity index is 1.35. The zero-order valence-corrected chi connectivity index (χ0v) is 17.9. The molecule has 2 nitrogen and oxygen atoms in total. The van der Waals surface area contributed by atoms with Gasteiger partial charge in [-0.15, -0.1) is 0 Å². The van der Waals surface area contributed by atoms with Gasteiger partial charge in [0.1, 0.15) is 11.5 Å². The van der Waals surface area contributed by atoms with E-state index >= 15 is 0 Å². The number of ether oxygens (including phenoxy) is 1. The first-order valence-corrected chi connectivity index (χ1v) is 11.0. The molecule has 0 radical (unpaired) electrons. The molecule has 2 heteroatoms. The van der Waals surface area contributed by atoms with Gasteiger partial charge in [-0.25, -0.2) is 0 Å². The molecule has 0 aliphatic heterocycles. The van der Waals surface area contributed by atoms with E-state index in [1.165, 1.54) is 16.7 Å². The van der Waals surface area contributed by atoms with Crippen LogP contribution in [0.4, 0.5) is 0 Å². The fourth-order valence-corrected chi connectivity index (χ4v) is 3.91. The van der Waals surface area contributed by atoms with E-state index in [4.69, 9.17) is 4.74 Å². The maximum Gasteiger partial charge on any atom is 0.127 e. The van der Waals surface area contributed by atoms with E-state index in [-0.39, 0.29) is 6.04 Å². The molecular formula is C29H29NO. The molecule has 0 aromatic heterocycles. The first-order chi connectivity index (χ1) is 15.3. The number of benzene rings is 4. The van der Waals surface area contributed by atoms with Gasteiger partial charge in [-0.1, -0.05) is 91.0 Å². The van der Waals surface area contributed by atoms with Crippen molar-refractivity contribution in [2.45, 2.75) is 25.3 Å². The highest BCUT2D eigenvalue weighted by Gasteiger charge is 2.14. The normalized spacial score (nSPS) is 11.9. The largest absolute Gasteiger partial charge is 0.457 e. The second-order valence-corrected chi connectivity index (χ2v) is 7.82. The first kappa shape index (κ1) is 20.9. The molecule has 0 fully saturated rings. The fourth-order valence-electron chi connectivity index (χ4n) is 3.91. The van der Waals surface area contributed by atoms with Gasteiger partial charge in [0.05, 0.1) is 0 Å². The number of rotatable bonds is 9. The quantitative estimate of drug-likeness (QED) is 0.313. The molecule has 1 atom stereocenters. The highest BCUT2D eigenvalue weighted by Crippen LogP contribution is 2.28. The van der Waals surface area contributed by atoms with Gasteiger partial charge in [0, 0.05) is 12.0 Å². The molecule has 1 N–H and O–H groups in total. The summed E-state index contributed by atoms with van der Waals surface area (Å²) in [6.45, 7) is 3.16. The minimum Gasteiger partial charge on any atom is -0.457 e. The predicted molar refractivity (Wildman–Crippen MR) is 129 cm³/mol. The van der Waals surface area contributed by atoms with E-state index in [0.29, 0.717) is 5.92 Å². The van der Waals surface area contributed by atoms with Gasteiger partial charge in [-0.2, -0.15) is 0 Å². The molecule has 0 spiro atoms. The molecule has 4 aromatic rings. The van der Waals surface area contributed by atoms with E-state index < -0.39 is 0 Å². The molecule has 4 aromatic carbocycles. The van der Waals surface area contributed by atoms with Crippen LogP contribution in [0.15, 0.2) is 115 Å². The number of hydrogen-bond donors (Lipinski definition) is 1. The Morgan fingerprint density at radius 3 is 1.61 bits per heavy atom. The van der Waals surface area contributed by atoms with Crippen LogP contribution in [0.5, 0.6) is 11.5 Å². The number of nitrogens with one attached hydrogen (secondary N) is 1. The number of hydrogen-bond acceptors (Lipinski definition) is 2. The van der Waals surface area contributed by atoms with E-state index in [0.717, 1.165) is 24.5 Å². The summed E-state index contributed by atoms with van der Waals surface area (Å²) >= 11 is 0. The summed E-state index contributed by atoms with van der Waals surface area (Å²) in [5, 5.41) is 3.70. The van der Waals surface area contributed by atoms with Crippen LogP contribution in [-0.4, -0.2) is 6.54 Å². The van der Waals surface area contributed by atoms with Crippen molar-refractivity contribution in [3.63, 3.8) is 0 Å². The Kier molecular flexibility index (Phi) is 7.15. The Morgan fingerprint density at radius 2 is 1.06 bits per heavy atom. The average molecular weight is 408 g/mol. The van der Waals surface area contributed by atoms with Gasteiger partial charge in [0.2, 0.25) is 0 Å². The SMILES string of the molecule is CC(NCCC(c1ccccc1)c1ccccc1)c1ccc(Oc2ccccc2)cc1. The molecule has 156 valence electrons. The van der Waals surface area contributed by atoms with E-state index in [1.807, 2.05) is 42.5 Å². The maximum atomic E-state index is 5.90.